The summed E-state index contributed by atoms with van der Waals surface area (Å²) in [5.41, 5.74) is 23.6. The fraction of sp³-hybridized carbons (Fsp3) is 0.0455. The third kappa shape index (κ3) is 6.95. The molecule has 0 N–H and O–H groups in total. The van der Waals surface area contributed by atoms with E-state index in [0.29, 0.717) is 0 Å². The molecule has 70 heavy (non-hydrogen) atoms. The number of para-hydroxylation sites is 1. The second kappa shape index (κ2) is 16.7. The Kier molecular flexibility index (Phi) is 9.81. The van der Waals surface area contributed by atoms with Crippen LogP contribution in [0.15, 0.2) is 243 Å². The first kappa shape index (κ1) is 41.2. The second-order valence-corrected chi connectivity index (χ2v) is 18.8. The quantitative estimate of drug-likeness (QED) is 0.153. The Bertz CT molecular complexity index is 3820. The van der Waals surface area contributed by atoms with E-state index < -0.39 is 0 Å². The lowest BCUT2D eigenvalue weighted by Crippen LogP contribution is -2.14. The highest BCUT2D eigenvalue weighted by molar-refractivity contribution is 6.15. The van der Waals surface area contributed by atoms with Crippen LogP contribution >= 0.6 is 0 Å². The van der Waals surface area contributed by atoms with Crippen LogP contribution in [0.25, 0.3) is 117 Å². The van der Waals surface area contributed by atoms with Crippen molar-refractivity contribution in [3.05, 3.63) is 254 Å². The van der Waals surface area contributed by atoms with Crippen LogP contribution in [0, 0.1) is 0 Å². The highest BCUT2D eigenvalue weighted by Gasteiger charge is 2.36. The maximum absolute atomic E-state index is 5.04. The van der Waals surface area contributed by atoms with Crippen molar-refractivity contribution in [3.8, 4) is 95.2 Å². The first-order valence-corrected chi connectivity index (χ1v) is 24.0. The number of rotatable bonds is 8. The summed E-state index contributed by atoms with van der Waals surface area (Å²) in [6, 6.07) is 83.4. The molecule has 8 aromatic carbocycles. The topological polar surface area (TPSA) is 43.6 Å². The maximum atomic E-state index is 5.04. The second-order valence-electron chi connectivity index (χ2n) is 18.8. The molecule has 12 aromatic rings. The van der Waals surface area contributed by atoms with Crippen LogP contribution in [0.1, 0.15) is 25.0 Å². The third-order valence-corrected chi connectivity index (χ3v) is 14.3. The first-order chi connectivity index (χ1) is 34.5. The van der Waals surface area contributed by atoms with Gasteiger partial charge in [-0.15, -0.1) is 0 Å². The highest BCUT2D eigenvalue weighted by Crippen LogP contribution is 2.52. The van der Waals surface area contributed by atoms with E-state index >= 15 is 0 Å². The van der Waals surface area contributed by atoms with E-state index in [4.69, 9.17) is 4.98 Å². The zero-order valence-corrected chi connectivity index (χ0v) is 38.9. The molecule has 0 saturated heterocycles. The van der Waals surface area contributed by atoms with Gasteiger partial charge in [0.1, 0.15) is 0 Å². The summed E-state index contributed by atoms with van der Waals surface area (Å²) in [6.45, 7) is 4.71. The van der Waals surface area contributed by atoms with Gasteiger partial charge in [-0.05, 0) is 139 Å². The van der Waals surface area contributed by atoms with Gasteiger partial charge in [0.2, 0.25) is 0 Å². The maximum Gasteiger partial charge on any atom is 0.0900 e. The number of hydrogen-bond donors (Lipinski definition) is 0. The largest absolute Gasteiger partial charge is 0.309 e. The molecule has 4 heterocycles. The number of nitrogens with zero attached hydrogens (tertiary/aromatic N) is 4. The number of aromatic nitrogens is 4. The summed E-state index contributed by atoms with van der Waals surface area (Å²) >= 11 is 0. The minimum atomic E-state index is -0.0904. The predicted octanol–water partition coefficient (Wildman–Crippen LogP) is 16.9. The minimum absolute atomic E-state index is 0.0904. The Hall–Kier alpha value is -8.99. The van der Waals surface area contributed by atoms with E-state index in [0.717, 1.165) is 61.8 Å². The molecule has 0 fully saturated rings. The van der Waals surface area contributed by atoms with Crippen LogP contribution < -0.4 is 0 Å². The Balaban J connectivity index is 1.03. The van der Waals surface area contributed by atoms with Crippen molar-refractivity contribution in [1.29, 1.82) is 0 Å². The first-order valence-electron chi connectivity index (χ1n) is 24.0. The molecule has 0 bridgehead atoms. The van der Waals surface area contributed by atoms with Crippen LogP contribution in [0.3, 0.4) is 0 Å². The summed E-state index contributed by atoms with van der Waals surface area (Å²) in [7, 11) is 0. The molecule has 4 aromatic heterocycles. The van der Waals surface area contributed by atoms with Gasteiger partial charge in [-0.1, -0.05) is 178 Å². The summed E-state index contributed by atoms with van der Waals surface area (Å²) < 4.78 is 2.51. The molecule has 0 radical (unpaired) electrons. The van der Waals surface area contributed by atoms with Gasteiger partial charge in [-0.2, -0.15) is 0 Å². The van der Waals surface area contributed by atoms with Crippen molar-refractivity contribution in [1.82, 2.24) is 19.5 Å². The predicted molar refractivity (Wildman–Crippen MR) is 290 cm³/mol. The smallest absolute Gasteiger partial charge is 0.0900 e. The number of hydrogen-bond acceptors (Lipinski definition) is 3. The van der Waals surface area contributed by atoms with Crippen molar-refractivity contribution in [3.63, 3.8) is 0 Å². The van der Waals surface area contributed by atoms with Crippen LogP contribution in [-0.2, 0) is 5.41 Å². The zero-order chi connectivity index (χ0) is 46.8. The van der Waals surface area contributed by atoms with Gasteiger partial charge in [0, 0.05) is 39.8 Å². The van der Waals surface area contributed by atoms with E-state index in [1.54, 1.807) is 0 Å². The van der Waals surface area contributed by atoms with Crippen molar-refractivity contribution in [2.75, 3.05) is 0 Å². The Labute approximate surface area is 407 Å². The van der Waals surface area contributed by atoms with Gasteiger partial charge in [0.25, 0.3) is 0 Å². The van der Waals surface area contributed by atoms with E-state index in [9.17, 15) is 0 Å². The van der Waals surface area contributed by atoms with Crippen LogP contribution in [0.5, 0.6) is 0 Å². The highest BCUT2D eigenvalue weighted by atomic mass is 15.0. The molecule has 0 unspecified atom stereocenters. The summed E-state index contributed by atoms with van der Waals surface area (Å²) in [5, 5.41) is 2.41. The fourth-order valence-electron chi connectivity index (χ4n) is 10.9. The molecule has 0 aliphatic heterocycles. The molecular formula is C66H46N4. The van der Waals surface area contributed by atoms with Crippen molar-refractivity contribution < 1.29 is 0 Å². The summed E-state index contributed by atoms with van der Waals surface area (Å²) in [5.74, 6) is 0. The van der Waals surface area contributed by atoms with E-state index in [1.807, 2.05) is 48.8 Å². The molecule has 0 atom stereocenters. The summed E-state index contributed by atoms with van der Waals surface area (Å²) in [4.78, 5) is 14.4. The van der Waals surface area contributed by atoms with Crippen LogP contribution in [0.4, 0.5) is 0 Å². The van der Waals surface area contributed by atoms with E-state index in [1.165, 1.54) is 66.4 Å². The average Bonchev–Trinajstić information content (AvgIpc) is 3.89. The molecule has 0 spiro atoms. The minimum Gasteiger partial charge on any atom is -0.309 e. The summed E-state index contributed by atoms with van der Waals surface area (Å²) in [6.07, 6.45) is 3.63. The lowest BCUT2D eigenvalue weighted by molar-refractivity contribution is 0.660. The molecule has 330 valence electrons. The van der Waals surface area contributed by atoms with Gasteiger partial charge in [0.15, 0.2) is 0 Å². The van der Waals surface area contributed by atoms with Crippen molar-refractivity contribution in [2.45, 2.75) is 19.3 Å². The van der Waals surface area contributed by atoms with Gasteiger partial charge >= 0.3 is 0 Å². The van der Waals surface area contributed by atoms with Gasteiger partial charge in [0.05, 0.1) is 33.8 Å². The number of benzene rings is 8. The zero-order valence-electron chi connectivity index (χ0n) is 38.9. The third-order valence-electron chi connectivity index (χ3n) is 14.3. The Morgan fingerprint density at radius 1 is 0.343 bits per heavy atom. The molecule has 1 aliphatic rings. The lowest BCUT2D eigenvalue weighted by atomic mass is 9.82. The molecule has 4 heteroatoms. The number of fused-ring (bicyclic) bond motifs is 6. The number of pyridine rings is 3. The average molecular weight is 895 g/mol. The van der Waals surface area contributed by atoms with Gasteiger partial charge < -0.3 is 4.57 Å². The Morgan fingerprint density at radius 2 is 0.871 bits per heavy atom. The molecular weight excluding hydrogens is 849 g/mol. The Morgan fingerprint density at radius 3 is 1.53 bits per heavy atom. The standard InChI is InChI=1S/C66H46N4/c1-66(2)57-25-10-9-21-55(57)64-52(22-16-26-58(64)66)47-33-34-63-56(40-47)54-24-15-23-53(65(54)70(63)51-38-48(43-17-5-3-6-18-43)37-49(39-51)44-19-7-4-8-20-44)46-31-29-45(30-32-46)50-41-61(59-27-11-13-35-67-59)69-62(42-50)60-28-12-14-36-68-60/h3-42H,1-2H3. The lowest BCUT2D eigenvalue weighted by Gasteiger charge is -2.21. The molecule has 0 amide bonds. The molecule has 4 nitrogen and oxygen atoms in total. The van der Waals surface area contributed by atoms with Crippen molar-refractivity contribution in [2.24, 2.45) is 0 Å². The van der Waals surface area contributed by atoms with E-state index in [2.05, 4.69) is 223 Å². The SMILES string of the molecule is CC1(C)c2ccccc2-c2c(-c3ccc4c(c3)c3cccc(-c5ccc(-c6cc(-c7ccccn7)nc(-c7ccccn7)c6)cc5)c3n4-c3cc(-c4ccccc4)cc(-c4ccccc4)c3)cccc21. The van der Waals surface area contributed by atoms with Crippen LogP contribution in [-0.4, -0.2) is 19.5 Å². The molecule has 0 saturated carbocycles. The molecule has 13 rings (SSSR count). The van der Waals surface area contributed by atoms with Crippen molar-refractivity contribution >= 4 is 21.8 Å². The fourth-order valence-corrected chi connectivity index (χ4v) is 10.9. The molecule has 1 aliphatic carbocycles. The normalized spacial score (nSPS) is 12.5. The van der Waals surface area contributed by atoms with Gasteiger partial charge in [-0.3, -0.25) is 9.97 Å². The van der Waals surface area contributed by atoms with Gasteiger partial charge in [-0.25, -0.2) is 4.98 Å². The monoisotopic (exact) mass is 894 g/mol. The van der Waals surface area contributed by atoms with E-state index in [-0.39, 0.29) is 5.41 Å². The van der Waals surface area contributed by atoms with Crippen LogP contribution in [0.2, 0.25) is 0 Å².